The van der Waals surface area contributed by atoms with Gasteiger partial charge in [-0.2, -0.15) is 12.7 Å². The number of aryl methyl sites for hydroxylation is 1. The molecule has 2 rings (SSSR count). The molecule has 1 saturated heterocycles. The molecule has 0 saturated carbocycles. The summed E-state index contributed by atoms with van der Waals surface area (Å²) in [5.41, 5.74) is 0. The number of hydrogen-bond donors (Lipinski definition) is 2. The number of nitrogens with one attached hydrogen (secondary N) is 2. The predicted molar refractivity (Wildman–Crippen MR) is 82.2 cm³/mol. The van der Waals surface area contributed by atoms with E-state index in [1.807, 2.05) is 6.92 Å². The van der Waals surface area contributed by atoms with Crippen molar-refractivity contribution in [2.75, 3.05) is 30.9 Å². The third-order valence-corrected chi connectivity index (χ3v) is 5.76. The molecule has 114 valence electrons. The quantitative estimate of drug-likeness (QED) is 0.832. The van der Waals surface area contributed by atoms with Crippen LogP contribution in [0.1, 0.15) is 24.6 Å². The molecule has 20 heavy (non-hydrogen) atoms. The summed E-state index contributed by atoms with van der Waals surface area (Å²) in [6, 6.07) is 0. The van der Waals surface area contributed by atoms with Crippen molar-refractivity contribution in [3.05, 3.63) is 11.1 Å². The van der Waals surface area contributed by atoms with Crippen LogP contribution in [0.25, 0.3) is 0 Å². The minimum absolute atomic E-state index is 0.387. The van der Waals surface area contributed by atoms with Gasteiger partial charge in [0.15, 0.2) is 5.13 Å². The fourth-order valence-corrected chi connectivity index (χ4v) is 4.51. The van der Waals surface area contributed by atoms with Gasteiger partial charge in [-0.05, 0) is 38.8 Å². The van der Waals surface area contributed by atoms with Crippen molar-refractivity contribution in [2.45, 2.75) is 26.7 Å². The third kappa shape index (κ3) is 4.15. The Hall–Kier alpha value is -0.700. The summed E-state index contributed by atoms with van der Waals surface area (Å²) in [5.74, 6) is 0.387. The van der Waals surface area contributed by atoms with E-state index in [0.29, 0.717) is 24.1 Å². The highest BCUT2D eigenvalue weighted by Gasteiger charge is 2.29. The molecule has 2 N–H and O–H groups in total. The number of hydrogen-bond acceptors (Lipinski definition) is 5. The monoisotopic (exact) mass is 318 g/mol. The molecule has 0 aromatic carbocycles. The van der Waals surface area contributed by atoms with Crippen molar-refractivity contribution in [1.82, 2.24) is 14.6 Å². The Morgan fingerprint density at radius 2 is 2.35 bits per heavy atom. The summed E-state index contributed by atoms with van der Waals surface area (Å²) in [6.45, 7) is 6.92. The molecule has 1 unspecified atom stereocenters. The molecule has 1 atom stereocenters. The third-order valence-electron chi connectivity index (χ3n) is 3.34. The van der Waals surface area contributed by atoms with Gasteiger partial charge in [0.25, 0.3) is 0 Å². The molecule has 0 radical (unpaired) electrons. The first kappa shape index (κ1) is 15.7. The van der Waals surface area contributed by atoms with Gasteiger partial charge >= 0.3 is 10.2 Å². The van der Waals surface area contributed by atoms with Crippen LogP contribution in [0.15, 0.2) is 6.20 Å². The van der Waals surface area contributed by atoms with Crippen LogP contribution >= 0.6 is 11.3 Å². The van der Waals surface area contributed by atoms with E-state index in [0.717, 1.165) is 30.8 Å². The maximum atomic E-state index is 12.3. The van der Waals surface area contributed by atoms with E-state index < -0.39 is 10.2 Å². The molecule has 1 aromatic rings. The smallest absolute Gasteiger partial charge is 0.303 e. The largest absolute Gasteiger partial charge is 0.317 e. The Labute approximate surface area is 124 Å². The maximum absolute atomic E-state index is 12.3. The number of nitrogens with zero attached hydrogens (tertiary/aromatic N) is 2. The number of rotatable bonds is 6. The molecule has 1 fully saturated rings. The highest BCUT2D eigenvalue weighted by Crippen LogP contribution is 2.22. The van der Waals surface area contributed by atoms with E-state index in [2.05, 4.69) is 21.9 Å². The van der Waals surface area contributed by atoms with Crippen LogP contribution < -0.4 is 10.0 Å². The average molecular weight is 318 g/mol. The minimum Gasteiger partial charge on any atom is -0.317 e. The van der Waals surface area contributed by atoms with Gasteiger partial charge in [-0.3, -0.25) is 0 Å². The van der Waals surface area contributed by atoms with Crippen LogP contribution in [-0.2, 0) is 10.2 Å². The summed E-state index contributed by atoms with van der Waals surface area (Å²) >= 11 is 1.35. The normalized spacial score (nSPS) is 21.0. The lowest BCUT2D eigenvalue weighted by molar-refractivity contribution is 0.262. The van der Waals surface area contributed by atoms with Crippen LogP contribution in [0.5, 0.6) is 0 Å². The Kier molecular flexibility index (Phi) is 5.36. The number of piperidine rings is 1. The number of thiazole rings is 1. The lowest BCUT2D eigenvalue weighted by Gasteiger charge is -2.31. The second-order valence-electron chi connectivity index (χ2n) is 5.06. The molecular formula is C12H22N4O2S2. The first-order valence-electron chi connectivity index (χ1n) is 6.92. The molecule has 0 aliphatic carbocycles. The van der Waals surface area contributed by atoms with Crippen LogP contribution in [0.3, 0.4) is 0 Å². The molecule has 1 aliphatic rings. The molecule has 0 spiro atoms. The van der Waals surface area contributed by atoms with Crippen molar-refractivity contribution in [3.63, 3.8) is 0 Å². The van der Waals surface area contributed by atoms with Gasteiger partial charge in [-0.1, -0.05) is 6.92 Å². The molecule has 6 nitrogen and oxygen atoms in total. The van der Waals surface area contributed by atoms with Gasteiger partial charge in [0.2, 0.25) is 0 Å². The molecule has 2 heterocycles. The first-order chi connectivity index (χ1) is 9.51. The van der Waals surface area contributed by atoms with Crippen LogP contribution in [0, 0.1) is 12.8 Å². The molecular weight excluding hydrogens is 296 g/mol. The zero-order valence-electron chi connectivity index (χ0n) is 11.9. The average Bonchev–Trinajstić information content (AvgIpc) is 2.81. The van der Waals surface area contributed by atoms with Gasteiger partial charge in [0.1, 0.15) is 0 Å². The standard InChI is InChI=1S/C12H22N4O2S2/c1-3-13-8-11-5-4-6-16(9-11)20(17,18)15-12-14-7-10(2)19-12/h7,11,13H,3-6,8-9H2,1-2H3,(H,14,15). The van der Waals surface area contributed by atoms with Crippen LogP contribution in [-0.4, -0.2) is 43.9 Å². The molecule has 8 heteroatoms. The Bertz CT molecular complexity index is 529. The molecule has 0 bridgehead atoms. The SMILES string of the molecule is CCNCC1CCCN(S(=O)(=O)Nc2ncc(C)s2)C1. The van der Waals surface area contributed by atoms with Crippen molar-refractivity contribution < 1.29 is 8.42 Å². The van der Waals surface area contributed by atoms with E-state index in [1.165, 1.54) is 15.6 Å². The highest BCUT2D eigenvalue weighted by atomic mass is 32.2. The summed E-state index contributed by atoms with van der Waals surface area (Å²) < 4.78 is 28.8. The molecule has 0 amide bonds. The zero-order valence-corrected chi connectivity index (χ0v) is 13.6. The van der Waals surface area contributed by atoms with Crippen molar-refractivity contribution in [1.29, 1.82) is 0 Å². The van der Waals surface area contributed by atoms with Crippen molar-refractivity contribution >= 4 is 26.7 Å². The number of aromatic nitrogens is 1. The zero-order chi connectivity index (χ0) is 14.6. The summed E-state index contributed by atoms with van der Waals surface area (Å²) in [6.07, 6.45) is 3.66. The minimum atomic E-state index is -3.48. The Morgan fingerprint density at radius 3 is 3.00 bits per heavy atom. The summed E-state index contributed by atoms with van der Waals surface area (Å²) in [7, 11) is -3.48. The van der Waals surface area contributed by atoms with Gasteiger partial charge in [0.05, 0.1) is 0 Å². The van der Waals surface area contributed by atoms with Gasteiger partial charge < -0.3 is 5.32 Å². The van der Waals surface area contributed by atoms with Gasteiger partial charge in [-0.15, -0.1) is 11.3 Å². The first-order valence-corrected chi connectivity index (χ1v) is 9.18. The topological polar surface area (TPSA) is 74.3 Å². The number of anilines is 1. The van der Waals surface area contributed by atoms with Crippen LogP contribution in [0.4, 0.5) is 5.13 Å². The summed E-state index contributed by atoms with van der Waals surface area (Å²) in [4.78, 5) is 5.05. The van der Waals surface area contributed by atoms with E-state index in [1.54, 1.807) is 6.20 Å². The summed E-state index contributed by atoms with van der Waals surface area (Å²) in [5, 5.41) is 3.73. The second-order valence-corrected chi connectivity index (χ2v) is 7.96. The fraction of sp³-hybridized carbons (Fsp3) is 0.750. The van der Waals surface area contributed by atoms with E-state index in [9.17, 15) is 8.42 Å². The van der Waals surface area contributed by atoms with E-state index in [-0.39, 0.29) is 0 Å². The van der Waals surface area contributed by atoms with Crippen molar-refractivity contribution in [3.8, 4) is 0 Å². The van der Waals surface area contributed by atoms with Gasteiger partial charge in [-0.25, -0.2) is 9.71 Å². The highest BCUT2D eigenvalue weighted by molar-refractivity contribution is 7.90. The van der Waals surface area contributed by atoms with Gasteiger partial charge in [0, 0.05) is 24.2 Å². The van der Waals surface area contributed by atoms with E-state index >= 15 is 0 Å². The van der Waals surface area contributed by atoms with E-state index in [4.69, 9.17) is 0 Å². The van der Waals surface area contributed by atoms with Crippen LogP contribution in [0.2, 0.25) is 0 Å². The Morgan fingerprint density at radius 1 is 1.55 bits per heavy atom. The van der Waals surface area contributed by atoms with Crippen molar-refractivity contribution in [2.24, 2.45) is 5.92 Å². The lowest BCUT2D eigenvalue weighted by Crippen LogP contribution is -2.45. The maximum Gasteiger partial charge on any atom is 0.303 e. The fourth-order valence-electron chi connectivity index (χ4n) is 2.34. The lowest BCUT2D eigenvalue weighted by atomic mass is 10.00. The second kappa shape index (κ2) is 6.84. The molecule has 1 aliphatic heterocycles. The molecule has 1 aromatic heterocycles. The predicted octanol–water partition coefficient (Wildman–Crippen LogP) is 1.43. The Balaban J connectivity index is 1.97.